The first-order valence-corrected chi connectivity index (χ1v) is 10.4. The SMILES string of the molecule is CC1(C)CC[C@H]2SC(c3[c-]c(Oc4ccc5cccc(O)c5n4)ccc3)=N[C@H]21.[Pt]. The van der Waals surface area contributed by atoms with E-state index in [9.17, 15) is 5.11 Å². The number of fused-ring (bicyclic) bond motifs is 2. The standard InChI is InChI=1S/C23H21N2O2S.Pt/c1-23(2)12-11-18-21(23)25-22(28-18)15-6-3-7-16(13-15)27-19-10-9-14-5-4-8-17(26)20(14)24-19;/h3-10,18,21,26H,11-12H2,1-2H3;/q-1;/t18-,21-;/m1./s1. The average Bonchev–Trinajstić information content (AvgIpc) is 3.24. The van der Waals surface area contributed by atoms with Crippen LogP contribution in [-0.2, 0) is 21.1 Å². The molecule has 3 aromatic rings. The van der Waals surface area contributed by atoms with Crippen LogP contribution in [0, 0.1) is 11.5 Å². The monoisotopic (exact) mass is 584 g/mol. The number of rotatable bonds is 3. The van der Waals surface area contributed by atoms with E-state index in [1.807, 2.05) is 42.1 Å². The molecule has 29 heavy (non-hydrogen) atoms. The molecule has 4 nitrogen and oxygen atoms in total. The van der Waals surface area contributed by atoms with Gasteiger partial charge in [-0.25, -0.2) is 4.98 Å². The molecule has 0 saturated heterocycles. The summed E-state index contributed by atoms with van der Waals surface area (Å²) in [5.41, 5.74) is 1.77. The molecule has 0 spiro atoms. The van der Waals surface area contributed by atoms with Crippen molar-refractivity contribution in [2.45, 2.75) is 38.0 Å². The van der Waals surface area contributed by atoms with Crippen LogP contribution in [0.3, 0.4) is 0 Å². The Morgan fingerprint density at radius 1 is 1.14 bits per heavy atom. The number of pyridine rings is 1. The molecule has 1 aliphatic heterocycles. The molecule has 1 aromatic heterocycles. The molecule has 152 valence electrons. The number of hydrogen-bond acceptors (Lipinski definition) is 5. The van der Waals surface area contributed by atoms with Crippen molar-refractivity contribution in [2.24, 2.45) is 10.4 Å². The molecule has 2 atom stereocenters. The maximum atomic E-state index is 10.0. The number of hydrogen-bond donors (Lipinski definition) is 1. The predicted molar refractivity (Wildman–Crippen MR) is 113 cm³/mol. The Bertz CT molecular complexity index is 1100. The molecule has 0 amide bonds. The molecular formula is C23H21N2O2PtS-. The van der Waals surface area contributed by atoms with Gasteiger partial charge in [0.05, 0.1) is 6.04 Å². The number of ether oxygens (including phenoxy) is 1. The zero-order valence-electron chi connectivity index (χ0n) is 16.2. The fraction of sp³-hybridized carbons (Fsp3) is 0.304. The van der Waals surface area contributed by atoms with Crippen molar-refractivity contribution < 1.29 is 30.9 Å². The van der Waals surface area contributed by atoms with Gasteiger partial charge in [-0.3, -0.25) is 0 Å². The number of aromatic nitrogens is 1. The summed E-state index contributed by atoms with van der Waals surface area (Å²) in [6.07, 6.45) is 2.45. The van der Waals surface area contributed by atoms with Crippen LogP contribution >= 0.6 is 11.8 Å². The summed E-state index contributed by atoms with van der Waals surface area (Å²) < 4.78 is 5.93. The van der Waals surface area contributed by atoms with Gasteiger partial charge in [0.25, 0.3) is 0 Å². The second-order valence-corrected chi connectivity index (χ2v) is 9.32. The number of nitrogens with zero attached hydrogens (tertiary/aromatic N) is 2. The molecule has 1 saturated carbocycles. The largest absolute Gasteiger partial charge is 0.506 e. The first-order valence-electron chi connectivity index (χ1n) is 9.53. The number of phenols is 1. The molecule has 0 bridgehead atoms. The summed E-state index contributed by atoms with van der Waals surface area (Å²) >= 11 is 1.87. The first-order chi connectivity index (χ1) is 13.5. The van der Waals surface area contributed by atoms with Crippen LogP contribution in [0.15, 0.2) is 53.5 Å². The van der Waals surface area contributed by atoms with Crippen molar-refractivity contribution >= 4 is 27.7 Å². The minimum atomic E-state index is 0. The van der Waals surface area contributed by atoms with E-state index in [0.29, 0.717) is 28.4 Å². The van der Waals surface area contributed by atoms with E-state index in [4.69, 9.17) is 9.73 Å². The summed E-state index contributed by atoms with van der Waals surface area (Å²) in [5, 5.41) is 12.5. The zero-order valence-corrected chi connectivity index (χ0v) is 19.3. The molecule has 0 radical (unpaired) electrons. The third-order valence-electron chi connectivity index (χ3n) is 5.63. The maximum absolute atomic E-state index is 10.0. The minimum Gasteiger partial charge on any atom is -0.506 e. The molecular weight excluding hydrogens is 563 g/mol. The fourth-order valence-electron chi connectivity index (χ4n) is 4.05. The van der Waals surface area contributed by atoms with Crippen molar-refractivity contribution in [2.75, 3.05) is 0 Å². The number of phenolic OH excluding ortho intramolecular Hbond substituents is 1. The molecule has 2 heterocycles. The molecule has 1 fully saturated rings. The smallest absolute Gasteiger partial charge is 0.217 e. The van der Waals surface area contributed by atoms with E-state index in [0.717, 1.165) is 16.0 Å². The van der Waals surface area contributed by atoms with Crippen LogP contribution in [0.25, 0.3) is 10.9 Å². The maximum Gasteiger partial charge on any atom is 0.217 e. The molecule has 1 aliphatic carbocycles. The van der Waals surface area contributed by atoms with Crippen molar-refractivity contribution in [3.05, 3.63) is 60.2 Å². The number of aliphatic imine (C=N–C) groups is 1. The number of aromatic hydroxyl groups is 1. The second kappa shape index (κ2) is 7.77. The zero-order chi connectivity index (χ0) is 19.3. The van der Waals surface area contributed by atoms with Crippen LogP contribution in [0.5, 0.6) is 17.4 Å². The first kappa shape index (κ1) is 20.4. The van der Waals surface area contributed by atoms with Crippen molar-refractivity contribution in [3.63, 3.8) is 0 Å². The number of benzene rings is 2. The molecule has 2 aliphatic rings. The number of para-hydroxylation sites is 1. The van der Waals surface area contributed by atoms with Gasteiger partial charge in [0.2, 0.25) is 5.88 Å². The van der Waals surface area contributed by atoms with Crippen molar-refractivity contribution in [1.82, 2.24) is 4.98 Å². The van der Waals surface area contributed by atoms with Gasteiger partial charge in [-0.2, -0.15) is 11.8 Å². The summed E-state index contributed by atoms with van der Waals surface area (Å²) in [6, 6.07) is 18.6. The van der Waals surface area contributed by atoms with Crippen LogP contribution in [-0.4, -0.2) is 26.4 Å². The van der Waals surface area contributed by atoms with Gasteiger partial charge in [-0.05, 0) is 30.4 Å². The fourth-order valence-corrected chi connectivity index (χ4v) is 5.55. The summed E-state index contributed by atoms with van der Waals surface area (Å²) in [6.45, 7) is 4.63. The number of thioether (sulfide) groups is 1. The Morgan fingerprint density at radius 3 is 2.79 bits per heavy atom. The van der Waals surface area contributed by atoms with E-state index < -0.39 is 0 Å². The van der Waals surface area contributed by atoms with E-state index in [-0.39, 0.29) is 32.2 Å². The Morgan fingerprint density at radius 2 is 1.97 bits per heavy atom. The minimum absolute atomic E-state index is 0. The molecule has 0 unspecified atom stereocenters. The predicted octanol–water partition coefficient (Wildman–Crippen LogP) is 5.58. The van der Waals surface area contributed by atoms with Crippen LogP contribution in [0.2, 0.25) is 0 Å². The van der Waals surface area contributed by atoms with Gasteiger partial charge < -0.3 is 14.8 Å². The van der Waals surface area contributed by atoms with Crippen LogP contribution < -0.4 is 4.74 Å². The Balaban J connectivity index is 0.00000205. The molecule has 5 rings (SSSR count). The van der Waals surface area contributed by atoms with Gasteiger partial charge in [-0.1, -0.05) is 32.0 Å². The van der Waals surface area contributed by atoms with Crippen LogP contribution in [0.1, 0.15) is 32.3 Å². The van der Waals surface area contributed by atoms with Crippen LogP contribution in [0.4, 0.5) is 0 Å². The molecule has 1 N–H and O–H groups in total. The van der Waals surface area contributed by atoms with Gasteiger partial charge >= 0.3 is 0 Å². The van der Waals surface area contributed by atoms with Crippen molar-refractivity contribution in [3.8, 4) is 17.4 Å². The van der Waals surface area contributed by atoms with Gasteiger partial charge in [0, 0.05) is 48.6 Å². The van der Waals surface area contributed by atoms with Gasteiger partial charge in [0.1, 0.15) is 11.3 Å². The summed E-state index contributed by atoms with van der Waals surface area (Å²) in [7, 11) is 0. The Hall–Kier alpha value is -1.84. The third kappa shape index (κ3) is 3.83. The van der Waals surface area contributed by atoms with E-state index in [2.05, 4.69) is 24.9 Å². The van der Waals surface area contributed by atoms with Crippen molar-refractivity contribution in [1.29, 1.82) is 0 Å². The average molecular weight is 585 g/mol. The Labute approximate surface area is 189 Å². The molecule has 2 aromatic carbocycles. The summed E-state index contributed by atoms with van der Waals surface area (Å²) in [4.78, 5) is 9.45. The third-order valence-corrected chi connectivity index (χ3v) is 6.98. The second-order valence-electron chi connectivity index (χ2n) is 8.09. The van der Waals surface area contributed by atoms with Gasteiger partial charge in [0.15, 0.2) is 0 Å². The van der Waals surface area contributed by atoms with E-state index >= 15 is 0 Å². The van der Waals surface area contributed by atoms with E-state index in [1.54, 1.807) is 18.2 Å². The quantitative estimate of drug-likeness (QED) is 0.409. The van der Waals surface area contributed by atoms with Gasteiger partial charge in [-0.15, -0.1) is 23.8 Å². The van der Waals surface area contributed by atoms with E-state index in [1.165, 1.54) is 12.8 Å². The topological polar surface area (TPSA) is 54.7 Å². The molecule has 6 heteroatoms. The summed E-state index contributed by atoms with van der Waals surface area (Å²) in [5.74, 6) is 1.17. The normalized spacial score (nSPS) is 22.1. The Kier molecular flexibility index (Phi) is 5.47.